The summed E-state index contributed by atoms with van der Waals surface area (Å²) in [6.45, 7) is 4.35. The number of morpholine rings is 1. The van der Waals surface area contributed by atoms with E-state index in [-0.39, 0.29) is 11.5 Å². The van der Waals surface area contributed by atoms with Crippen LogP contribution in [0.1, 0.15) is 21.7 Å². The first kappa shape index (κ1) is 24.6. The van der Waals surface area contributed by atoms with E-state index >= 15 is 0 Å². The average molecular weight is 562 g/mol. The Labute approximate surface area is 222 Å². The number of hydrogen-bond acceptors (Lipinski definition) is 9. The molecule has 0 amide bonds. The number of aromatic hydroxyl groups is 1. The topological polar surface area (TPSA) is 100 Å². The summed E-state index contributed by atoms with van der Waals surface area (Å²) in [6, 6.07) is 4.52. The zero-order chi connectivity index (χ0) is 25.5. The van der Waals surface area contributed by atoms with E-state index in [9.17, 15) is 18.5 Å². The van der Waals surface area contributed by atoms with E-state index in [1.165, 1.54) is 39.2 Å². The van der Waals surface area contributed by atoms with Gasteiger partial charge in [0.1, 0.15) is 27.5 Å². The fraction of sp³-hybridized carbons (Fsp3) is 0.375. The second-order valence-electron chi connectivity index (χ2n) is 8.92. The first-order valence-corrected chi connectivity index (χ1v) is 14.8. The van der Waals surface area contributed by atoms with Crippen LogP contribution >= 0.6 is 22.7 Å². The van der Waals surface area contributed by atoms with E-state index < -0.39 is 22.3 Å². The van der Waals surface area contributed by atoms with Crippen LogP contribution in [0.2, 0.25) is 0 Å². The molecule has 0 spiro atoms. The van der Waals surface area contributed by atoms with Crippen LogP contribution in [0.3, 0.4) is 0 Å². The molecule has 2 aliphatic heterocycles. The Bertz CT molecular complexity index is 1550. The van der Waals surface area contributed by atoms with Gasteiger partial charge in [-0.15, -0.1) is 11.3 Å². The van der Waals surface area contributed by atoms with Crippen LogP contribution in [-0.4, -0.2) is 67.2 Å². The Hall–Kier alpha value is -2.71. The third kappa shape index (κ3) is 4.93. The van der Waals surface area contributed by atoms with Crippen molar-refractivity contribution >= 4 is 44.3 Å². The first-order chi connectivity index (χ1) is 18.0. The summed E-state index contributed by atoms with van der Waals surface area (Å²) in [7, 11) is -1.17. The Kier molecular flexibility index (Phi) is 6.80. The van der Waals surface area contributed by atoms with E-state index in [0.29, 0.717) is 54.1 Å². The molecule has 1 aromatic carbocycles. The van der Waals surface area contributed by atoms with Gasteiger partial charge in [-0.2, -0.15) is 0 Å². The first-order valence-electron chi connectivity index (χ1n) is 11.9. The minimum Gasteiger partial charge on any atom is -0.501 e. The van der Waals surface area contributed by atoms with Gasteiger partial charge in [-0.3, -0.25) is 18.4 Å². The van der Waals surface area contributed by atoms with Gasteiger partial charge in [-0.25, -0.2) is 18.6 Å². The number of ether oxygens (including phenoxy) is 1. The van der Waals surface area contributed by atoms with E-state index in [2.05, 4.69) is 14.9 Å². The van der Waals surface area contributed by atoms with Gasteiger partial charge < -0.3 is 9.84 Å². The minimum atomic E-state index is -1.17. The Morgan fingerprint density at radius 3 is 2.78 bits per heavy atom. The number of benzene rings is 1. The molecule has 9 nitrogen and oxygen atoms in total. The predicted octanol–water partition coefficient (Wildman–Crippen LogP) is 3.02. The molecule has 4 aromatic rings. The number of rotatable bonds is 6. The number of aromatic nitrogens is 3. The molecular formula is C24H24FN5O4S3. The fourth-order valence-corrected chi connectivity index (χ4v) is 7.81. The summed E-state index contributed by atoms with van der Waals surface area (Å²) in [6.07, 6.45) is 4.66. The van der Waals surface area contributed by atoms with E-state index in [1.54, 1.807) is 22.8 Å². The smallest absolute Gasteiger partial charge is 0.301 e. The maximum atomic E-state index is 14.0. The molecule has 0 bridgehead atoms. The van der Waals surface area contributed by atoms with Gasteiger partial charge in [0.15, 0.2) is 4.96 Å². The van der Waals surface area contributed by atoms with Crippen LogP contribution in [0, 0.1) is 5.82 Å². The standard InChI is InChI=1S/C24H24FN5O4S3/c25-16-3-2-15(19(11-16)30-4-1-9-37(30)33)10-17-12-26-22(35-17)20-21(31)23(32)29-14-18(36-24(29)27-20)13-28-5-7-34-8-6-28/h2-3,11-12,14,31H,1,4-10,13H2. The van der Waals surface area contributed by atoms with E-state index in [0.717, 1.165) is 34.8 Å². The van der Waals surface area contributed by atoms with Crippen LogP contribution < -0.4 is 9.86 Å². The molecule has 0 aliphatic carbocycles. The van der Waals surface area contributed by atoms with Crippen LogP contribution in [0.4, 0.5) is 10.1 Å². The van der Waals surface area contributed by atoms with Crippen molar-refractivity contribution in [1.29, 1.82) is 0 Å². The largest absolute Gasteiger partial charge is 0.501 e. The number of nitrogens with zero attached hydrogens (tertiary/aromatic N) is 5. The van der Waals surface area contributed by atoms with Crippen molar-refractivity contribution in [3.63, 3.8) is 0 Å². The molecule has 13 heteroatoms. The third-order valence-electron chi connectivity index (χ3n) is 6.40. The highest BCUT2D eigenvalue weighted by atomic mass is 32.2. The number of hydrogen-bond donors (Lipinski definition) is 1. The summed E-state index contributed by atoms with van der Waals surface area (Å²) in [5, 5.41) is 11.1. The molecule has 2 saturated heterocycles. The van der Waals surface area contributed by atoms with Crippen molar-refractivity contribution in [3.05, 3.63) is 62.1 Å². The van der Waals surface area contributed by atoms with Crippen molar-refractivity contribution < 1.29 is 18.4 Å². The van der Waals surface area contributed by atoms with Crippen molar-refractivity contribution in [2.45, 2.75) is 19.4 Å². The van der Waals surface area contributed by atoms with Gasteiger partial charge in [-0.1, -0.05) is 17.4 Å². The molecule has 0 saturated carbocycles. The Morgan fingerprint density at radius 1 is 1.16 bits per heavy atom. The van der Waals surface area contributed by atoms with Gasteiger partial charge >= 0.3 is 5.56 Å². The van der Waals surface area contributed by atoms with Crippen LogP contribution in [0.25, 0.3) is 15.7 Å². The zero-order valence-electron chi connectivity index (χ0n) is 19.8. The molecule has 1 atom stereocenters. The lowest BCUT2D eigenvalue weighted by Gasteiger charge is -2.25. The SMILES string of the molecule is O=c1c(O)c(-c2ncc(Cc3ccc(F)cc3N3CCCS3=O)s2)nc2sc(CN3CCOCC3)cn12. The maximum Gasteiger partial charge on any atom is 0.301 e. The molecule has 6 rings (SSSR count). The van der Waals surface area contributed by atoms with Gasteiger partial charge in [0.2, 0.25) is 5.75 Å². The highest BCUT2D eigenvalue weighted by Crippen LogP contribution is 2.34. The number of halogens is 1. The molecular weight excluding hydrogens is 537 g/mol. The Morgan fingerprint density at radius 2 is 2.00 bits per heavy atom. The minimum absolute atomic E-state index is 0.154. The van der Waals surface area contributed by atoms with Crippen molar-refractivity contribution in [2.24, 2.45) is 0 Å². The van der Waals surface area contributed by atoms with Crippen LogP contribution in [0.5, 0.6) is 5.75 Å². The van der Waals surface area contributed by atoms with E-state index in [1.807, 2.05) is 0 Å². The van der Waals surface area contributed by atoms with Crippen LogP contribution in [0.15, 0.2) is 35.4 Å². The lowest BCUT2D eigenvalue weighted by molar-refractivity contribution is 0.0346. The molecule has 2 fully saturated rings. The summed E-state index contributed by atoms with van der Waals surface area (Å²) in [4.78, 5) is 26.5. The Balaban J connectivity index is 1.28. The molecule has 1 N–H and O–H groups in total. The zero-order valence-corrected chi connectivity index (χ0v) is 22.2. The van der Waals surface area contributed by atoms with E-state index in [4.69, 9.17) is 4.74 Å². The lowest BCUT2D eigenvalue weighted by Crippen LogP contribution is -2.35. The second kappa shape index (κ2) is 10.2. The van der Waals surface area contributed by atoms with Gasteiger partial charge in [0.25, 0.3) is 0 Å². The quantitative estimate of drug-likeness (QED) is 0.386. The number of anilines is 1. The molecule has 0 radical (unpaired) electrons. The summed E-state index contributed by atoms with van der Waals surface area (Å²) in [5.41, 5.74) is 1.09. The molecule has 5 heterocycles. The normalized spacial score (nSPS) is 18.7. The fourth-order valence-electron chi connectivity index (χ4n) is 4.56. The van der Waals surface area contributed by atoms with Crippen molar-refractivity contribution in [2.75, 3.05) is 42.9 Å². The lowest BCUT2D eigenvalue weighted by atomic mass is 10.1. The van der Waals surface area contributed by atoms with Gasteiger partial charge in [0.05, 0.1) is 18.9 Å². The van der Waals surface area contributed by atoms with Crippen LogP contribution in [-0.2, 0) is 28.7 Å². The summed E-state index contributed by atoms with van der Waals surface area (Å²) in [5.74, 6) is -0.246. The maximum absolute atomic E-state index is 14.0. The van der Waals surface area contributed by atoms with Gasteiger partial charge in [-0.05, 0) is 24.1 Å². The third-order valence-corrected chi connectivity index (χ3v) is 9.88. The van der Waals surface area contributed by atoms with Crippen molar-refractivity contribution in [3.8, 4) is 16.5 Å². The predicted molar refractivity (Wildman–Crippen MR) is 142 cm³/mol. The van der Waals surface area contributed by atoms with Gasteiger partial charge in [0, 0.05) is 60.5 Å². The molecule has 3 aromatic heterocycles. The summed E-state index contributed by atoms with van der Waals surface area (Å²) < 4.78 is 35.0. The number of thiazole rings is 2. The number of fused-ring (bicyclic) bond motifs is 1. The molecule has 37 heavy (non-hydrogen) atoms. The highest BCUT2D eigenvalue weighted by Gasteiger charge is 2.24. The summed E-state index contributed by atoms with van der Waals surface area (Å²) >= 11 is 2.73. The molecule has 2 aliphatic rings. The van der Waals surface area contributed by atoms with Crippen molar-refractivity contribution in [1.82, 2.24) is 19.3 Å². The highest BCUT2D eigenvalue weighted by molar-refractivity contribution is 7.86. The molecule has 194 valence electrons. The average Bonchev–Trinajstić information content (AvgIpc) is 3.63. The monoisotopic (exact) mass is 561 g/mol. The molecule has 1 unspecified atom stereocenters. The second-order valence-corrected chi connectivity index (χ2v) is 12.6.